The van der Waals surface area contributed by atoms with Gasteiger partial charge in [0.15, 0.2) is 6.10 Å². The van der Waals surface area contributed by atoms with E-state index in [1.165, 1.54) is 141 Å². The maximum Gasteiger partial charge on any atom is 0.306 e. The van der Waals surface area contributed by atoms with Crippen molar-refractivity contribution < 1.29 is 28.6 Å². The van der Waals surface area contributed by atoms with Crippen LogP contribution >= 0.6 is 0 Å². The smallest absolute Gasteiger partial charge is 0.306 e. The van der Waals surface area contributed by atoms with Crippen molar-refractivity contribution in [2.75, 3.05) is 13.2 Å². The molecule has 0 saturated carbocycles. The predicted molar refractivity (Wildman–Crippen MR) is 320 cm³/mol. The Labute approximate surface area is 457 Å². The molecule has 0 radical (unpaired) electrons. The second-order valence-corrected chi connectivity index (χ2v) is 20.6. The minimum Gasteiger partial charge on any atom is -0.462 e. The highest BCUT2D eigenvalue weighted by molar-refractivity contribution is 5.71. The molecule has 0 fully saturated rings. The molecule has 6 nitrogen and oxygen atoms in total. The van der Waals surface area contributed by atoms with E-state index in [1.807, 2.05) is 0 Å². The molecule has 0 heterocycles. The lowest BCUT2D eigenvalue weighted by Gasteiger charge is -2.18. The molecule has 0 bridgehead atoms. The molecule has 1 atom stereocenters. The van der Waals surface area contributed by atoms with E-state index >= 15 is 0 Å². The van der Waals surface area contributed by atoms with Crippen molar-refractivity contribution in [1.82, 2.24) is 0 Å². The number of rotatable bonds is 56. The van der Waals surface area contributed by atoms with E-state index in [4.69, 9.17) is 14.2 Å². The molecule has 74 heavy (non-hydrogen) atoms. The molecule has 0 saturated heterocycles. The van der Waals surface area contributed by atoms with Gasteiger partial charge in [0.05, 0.1) is 0 Å². The summed E-state index contributed by atoms with van der Waals surface area (Å²) in [4.78, 5) is 38.1. The van der Waals surface area contributed by atoms with E-state index in [2.05, 4.69) is 118 Å². The van der Waals surface area contributed by atoms with Crippen LogP contribution < -0.4 is 0 Å². The van der Waals surface area contributed by atoms with Gasteiger partial charge >= 0.3 is 17.9 Å². The van der Waals surface area contributed by atoms with E-state index < -0.39 is 6.10 Å². The van der Waals surface area contributed by atoms with Crippen LogP contribution in [0.2, 0.25) is 0 Å². The summed E-state index contributed by atoms with van der Waals surface area (Å²) in [6.07, 6.45) is 82.8. The average Bonchev–Trinajstić information content (AvgIpc) is 3.40. The van der Waals surface area contributed by atoms with E-state index in [1.54, 1.807) is 0 Å². The SMILES string of the molecule is CC/C=C\C/C=C\C/C=C\C/C=C\C/C=C\CCCCCCCCCCCCCC(=O)OCC(COC(=O)CCCCCCCCCC)OC(=O)CCCCCCCC/C=C\C/C=C\C/C=C\CCCCCCC. The first kappa shape index (κ1) is 70.3. The average molecular weight is 1030 g/mol. The first-order chi connectivity index (χ1) is 36.5. The van der Waals surface area contributed by atoms with Crippen LogP contribution in [0.1, 0.15) is 297 Å². The standard InChI is InChI=1S/C68H116O6/c1-4-7-10-13-16-19-21-23-25-27-29-31-32-33-34-35-36-38-39-41-43-45-47-49-52-55-58-61-67(70)73-64-65(63-72-66(69)60-57-54-51-18-15-12-9-6-3)74-68(71)62-59-56-53-50-48-46-44-42-40-37-30-28-26-24-22-20-17-14-11-8-5-2/h7,10,16,19,22-25,28-31,33-34,40,42,65H,4-6,8-9,11-15,17-18,20-21,26-27,32,35-39,41,43-64H2,1-3H3/b10-7-,19-16-,24-22-,25-23-,30-28-,31-29-,34-33-,42-40-. The zero-order valence-electron chi connectivity index (χ0n) is 48.6. The van der Waals surface area contributed by atoms with Gasteiger partial charge < -0.3 is 14.2 Å². The number of unbranched alkanes of at least 4 members (excludes halogenated alkanes) is 29. The van der Waals surface area contributed by atoms with Crippen LogP contribution in [0.5, 0.6) is 0 Å². The van der Waals surface area contributed by atoms with Crippen LogP contribution in [0.4, 0.5) is 0 Å². The minimum absolute atomic E-state index is 0.0820. The van der Waals surface area contributed by atoms with Gasteiger partial charge in [-0.15, -0.1) is 0 Å². The summed E-state index contributed by atoms with van der Waals surface area (Å²) >= 11 is 0. The molecule has 0 aliphatic rings. The fraction of sp³-hybridized carbons (Fsp3) is 0.721. The first-order valence-electron chi connectivity index (χ1n) is 31.2. The number of carbonyl (C=O) groups excluding carboxylic acids is 3. The van der Waals surface area contributed by atoms with E-state index in [9.17, 15) is 14.4 Å². The van der Waals surface area contributed by atoms with Crippen molar-refractivity contribution in [3.8, 4) is 0 Å². The van der Waals surface area contributed by atoms with E-state index in [-0.39, 0.29) is 31.1 Å². The zero-order chi connectivity index (χ0) is 53.6. The van der Waals surface area contributed by atoms with Gasteiger partial charge in [-0.2, -0.15) is 0 Å². The Morgan fingerprint density at radius 3 is 0.824 bits per heavy atom. The van der Waals surface area contributed by atoms with Crippen LogP contribution in [0.25, 0.3) is 0 Å². The van der Waals surface area contributed by atoms with Gasteiger partial charge in [-0.3, -0.25) is 14.4 Å². The molecule has 0 amide bonds. The largest absolute Gasteiger partial charge is 0.462 e. The lowest BCUT2D eigenvalue weighted by molar-refractivity contribution is -0.167. The van der Waals surface area contributed by atoms with Crippen molar-refractivity contribution in [2.45, 2.75) is 303 Å². The molecule has 0 aromatic rings. The Balaban J connectivity index is 4.22. The van der Waals surface area contributed by atoms with Crippen LogP contribution in [0.15, 0.2) is 97.2 Å². The van der Waals surface area contributed by atoms with Crippen LogP contribution in [0, 0.1) is 0 Å². The number of ether oxygens (including phenoxy) is 3. The molecule has 0 aliphatic carbocycles. The summed E-state index contributed by atoms with van der Waals surface area (Å²) in [6.45, 7) is 6.49. The first-order valence-corrected chi connectivity index (χ1v) is 31.2. The summed E-state index contributed by atoms with van der Waals surface area (Å²) < 4.78 is 16.8. The summed E-state index contributed by atoms with van der Waals surface area (Å²) in [5, 5.41) is 0. The highest BCUT2D eigenvalue weighted by atomic mass is 16.6. The lowest BCUT2D eigenvalue weighted by atomic mass is 10.0. The number of hydrogen-bond donors (Lipinski definition) is 0. The molecule has 0 aliphatic heterocycles. The molecule has 0 spiro atoms. The maximum atomic E-state index is 12.9. The zero-order valence-corrected chi connectivity index (χ0v) is 48.6. The molecular weight excluding hydrogens is 913 g/mol. The number of allylic oxidation sites excluding steroid dienone is 16. The Kier molecular flexibility index (Phi) is 58.8. The summed E-state index contributed by atoms with van der Waals surface area (Å²) in [6, 6.07) is 0. The molecule has 6 heteroatoms. The third kappa shape index (κ3) is 59.2. The Bertz CT molecular complexity index is 1460. The highest BCUT2D eigenvalue weighted by Gasteiger charge is 2.19. The predicted octanol–water partition coefficient (Wildman–Crippen LogP) is 21.3. The van der Waals surface area contributed by atoms with E-state index in [0.717, 1.165) is 116 Å². The van der Waals surface area contributed by atoms with Gasteiger partial charge in [0.25, 0.3) is 0 Å². The van der Waals surface area contributed by atoms with Gasteiger partial charge in [0.2, 0.25) is 0 Å². The Morgan fingerprint density at radius 2 is 0.527 bits per heavy atom. The second kappa shape index (κ2) is 61.9. The van der Waals surface area contributed by atoms with Crippen molar-refractivity contribution in [3.05, 3.63) is 97.2 Å². The quantitative estimate of drug-likeness (QED) is 0.0261. The lowest BCUT2D eigenvalue weighted by Crippen LogP contribution is -2.30. The van der Waals surface area contributed by atoms with Crippen molar-refractivity contribution in [3.63, 3.8) is 0 Å². The maximum absolute atomic E-state index is 12.9. The van der Waals surface area contributed by atoms with Gasteiger partial charge in [0, 0.05) is 19.3 Å². The van der Waals surface area contributed by atoms with Crippen molar-refractivity contribution >= 4 is 17.9 Å². The van der Waals surface area contributed by atoms with Gasteiger partial charge in [-0.1, -0.05) is 272 Å². The fourth-order valence-corrected chi connectivity index (χ4v) is 8.65. The molecule has 0 aromatic heterocycles. The van der Waals surface area contributed by atoms with Crippen LogP contribution in [-0.4, -0.2) is 37.2 Å². The third-order valence-electron chi connectivity index (χ3n) is 13.3. The summed E-state index contributed by atoms with van der Waals surface area (Å²) in [7, 11) is 0. The van der Waals surface area contributed by atoms with E-state index in [0.29, 0.717) is 19.3 Å². The number of esters is 3. The second-order valence-electron chi connectivity index (χ2n) is 20.6. The molecule has 1 unspecified atom stereocenters. The normalized spacial score (nSPS) is 12.7. The molecule has 0 aromatic carbocycles. The number of carbonyl (C=O) groups is 3. The molecular formula is C68H116O6. The molecule has 0 rings (SSSR count). The van der Waals surface area contributed by atoms with Crippen molar-refractivity contribution in [2.24, 2.45) is 0 Å². The summed E-state index contributed by atoms with van der Waals surface area (Å²) in [5.74, 6) is -0.895. The minimum atomic E-state index is -0.784. The fourth-order valence-electron chi connectivity index (χ4n) is 8.65. The molecule has 424 valence electrons. The monoisotopic (exact) mass is 1030 g/mol. The number of hydrogen-bond acceptors (Lipinski definition) is 6. The topological polar surface area (TPSA) is 78.9 Å². The summed E-state index contributed by atoms with van der Waals surface area (Å²) in [5.41, 5.74) is 0. The van der Waals surface area contributed by atoms with Gasteiger partial charge in [-0.25, -0.2) is 0 Å². The van der Waals surface area contributed by atoms with Gasteiger partial charge in [-0.05, 0) is 103 Å². The highest BCUT2D eigenvalue weighted by Crippen LogP contribution is 2.16. The van der Waals surface area contributed by atoms with Crippen molar-refractivity contribution in [1.29, 1.82) is 0 Å². The van der Waals surface area contributed by atoms with Gasteiger partial charge in [0.1, 0.15) is 13.2 Å². The molecule has 0 N–H and O–H groups in total. The van der Waals surface area contributed by atoms with Crippen LogP contribution in [-0.2, 0) is 28.6 Å². The van der Waals surface area contributed by atoms with Crippen LogP contribution in [0.3, 0.4) is 0 Å². The Morgan fingerprint density at radius 1 is 0.284 bits per heavy atom. The third-order valence-corrected chi connectivity index (χ3v) is 13.3. The Hall–Kier alpha value is -3.67.